The van der Waals surface area contributed by atoms with Crippen LogP contribution in [0.25, 0.3) is 0 Å². The zero-order chi connectivity index (χ0) is 12.5. The van der Waals surface area contributed by atoms with Crippen molar-refractivity contribution in [2.45, 2.75) is 77.4 Å². The van der Waals surface area contributed by atoms with Gasteiger partial charge >= 0.3 is 0 Å². The van der Waals surface area contributed by atoms with Crippen LogP contribution in [0.2, 0.25) is 0 Å². The van der Waals surface area contributed by atoms with Crippen molar-refractivity contribution in [1.82, 2.24) is 10.2 Å². The number of nitrogens with one attached hydrogen (secondary N) is 1. The van der Waals surface area contributed by atoms with Crippen molar-refractivity contribution >= 4 is 0 Å². The van der Waals surface area contributed by atoms with Crippen molar-refractivity contribution in [1.29, 1.82) is 0 Å². The fourth-order valence-corrected chi connectivity index (χ4v) is 3.32. The van der Waals surface area contributed by atoms with E-state index >= 15 is 0 Å². The Kier molecular flexibility index (Phi) is 4.14. The predicted molar refractivity (Wildman–Crippen MR) is 74.3 cm³/mol. The van der Waals surface area contributed by atoms with E-state index in [4.69, 9.17) is 0 Å². The summed E-state index contributed by atoms with van der Waals surface area (Å²) in [6.45, 7) is 11.9. The van der Waals surface area contributed by atoms with Crippen molar-refractivity contribution in [2.75, 3.05) is 13.1 Å². The third-order valence-electron chi connectivity index (χ3n) is 5.27. The number of hydrogen-bond donors (Lipinski definition) is 1. The second-order valence-corrected chi connectivity index (χ2v) is 6.20. The Balaban J connectivity index is 2.08. The van der Waals surface area contributed by atoms with Gasteiger partial charge in [0.25, 0.3) is 0 Å². The monoisotopic (exact) mass is 238 g/mol. The van der Waals surface area contributed by atoms with Crippen LogP contribution in [0.1, 0.15) is 59.8 Å². The van der Waals surface area contributed by atoms with E-state index in [2.05, 4.69) is 37.9 Å². The second-order valence-electron chi connectivity index (χ2n) is 6.20. The van der Waals surface area contributed by atoms with Crippen LogP contribution < -0.4 is 5.32 Å². The number of hydrogen-bond acceptors (Lipinski definition) is 2. The van der Waals surface area contributed by atoms with E-state index < -0.39 is 0 Å². The fourth-order valence-electron chi connectivity index (χ4n) is 3.32. The van der Waals surface area contributed by atoms with Gasteiger partial charge in [0, 0.05) is 30.7 Å². The van der Waals surface area contributed by atoms with Crippen molar-refractivity contribution in [3.8, 4) is 0 Å². The molecule has 1 N–H and O–H groups in total. The Hall–Kier alpha value is -0.0800. The van der Waals surface area contributed by atoms with Gasteiger partial charge in [0.05, 0.1) is 0 Å². The first-order valence-electron chi connectivity index (χ1n) is 7.66. The van der Waals surface area contributed by atoms with Gasteiger partial charge in [-0.2, -0.15) is 0 Å². The molecule has 1 heterocycles. The van der Waals surface area contributed by atoms with Gasteiger partial charge in [-0.25, -0.2) is 0 Å². The van der Waals surface area contributed by atoms with Crippen LogP contribution >= 0.6 is 0 Å². The Labute approximate surface area is 107 Å². The zero-order valence-corrected chi connectivity index (χ0v) is 12.1. The lowest BCUT2D eigenvalue weighted by molar-refractivity contribution is 0.0313. The van der Waals surface area contributed by atoms with E-state index in [0.29, 0.717) is 5.54 Å². The molecular formula is C15H30N2. The van der Waals surface area contributed by atoms with Gasteiger partial charge in [-0.3, -0.25) is 4.90 Å². The zero-order valence-electron chi connectivity index (χ0n) is 12.1. The highest BCUT2D eigenvalue weighted by Gasteiger charge is 2.44. The molecule has 1 saturated carbocycles. The van der Waals surface area contributed by atoms with Crippen LogP contribution in [0.4, 0.5) is 0 Å². The predicted octanol–water partition coefficient (Wildman–Crippen LogP) is 3.03. The van der Waals surface area contributed by atoms with Crippen molar-refractivity contribution < 1.29 is 0 Å². The molecule has 2 fully saturated rings. The molecule has 0 aromatic carbocycles. The summed E-state index contributed by atoms with van der Waals surface area (Å²) in [7, 11) is 0. The molecule has 2 heteroatoms. The van der Waals surface area contributed by atoms with Gasteiger partial charge < -0.3 is 5.32 Å². The summed E-state index contributed by atoms with van der Waals surface area (Å²) in [4.78, 5) is 2.82. The molecule has 2 rings (SSSR count). The number of rotatable bonds is 5. The molecule has 0 radical (unpaired) electrons. The standard InChI is InChI=1S/C15H30N2/c1-5-12(4)17-11-15(6-2,7-3)16-10-14(17)13-8-9-13/h12-14,16H,5-11H2,1-4H3. The van der Waals surface area contributed by atoms with Gasteiger partial charge in [-0.15, -0.1) is 0 Å². The van der Waals surface area contributed by atoms with Gasteiger partial charge in [-0.05, 0) is 44.9 Å². The molecule has 2 aliphatic rings. The van der Waals surface area contributed by atoms with Crippen LogP contribution in [0, 0.1) is 5.92 Å². The lowest BCUT2D eigenvalue weighted by Crippen LogP contribution is -2.66. The molecule has 100 valence electrons. The van der Waals surface area contributed by atoms with E-state index in [0.717, 1.165) is 18.0 Å². The summed E-state index contributed by atoms with van der Waals surface area (Å²) >= 11 is 0. The summed E-state index contributed by atoms with van der Waals surface area (Å²) in [5, 5.41) is 3.87. The first-order chi connectivity index (χ1) is 8.15. The summed E-state index contributed by atoms with van der Waals surface area (Å²) in [5.41, 5.74) is 0.384. The fraction of sp³-hybridized carbons (Fsp3) is 1.00. The van der Waals surface area contributed by atoms with Gasteiger partial charge in [-0.1, -0.05) is 20.8 Å². The third-order valence-corrected chi connectivity index (χ3v) is 5.27. The third kappa shape index (κ3) is 2.68. The van der Waals surface area contributed by atoms with Crippen molar-refractivity contribution in [2.24, 2.45) is 5.92 Å². The van der Waals surface area contributed by atoms with Crippen LogP contribution in [-0.2, 0) is 0 Å². The van der Waals surface area contributed by atoms with Gasteiger partial charge in [0.2, 0.25) is 0 Å². The molecule has 2 unspecified atom stereocenters. The van der Waals surface area contributed by atoms with Crippen LogP contribution in [-0.4, -0.2) is 35.6 Å². The minimum atomic E-state index is 0.384. The quantitative estimate of drug-likeness (QED) is 0.792. The Morgan fingerprint density at radius 2 is 1.88 bits per heavy atom. The van der Waals surface area contributed by atoms with E-state index in [1.165, 1.54) is 45.2 Å². The van der Waals surface area contributed by atoms with Crippen LogP contribution in [0.15, 0.2) is 0 Å². The first kappa shape index (κ1) is 13.4. The van der Waals surface area contributed by atoms with Gasteiger partial charge in [0.1, 0.15) is 0 Å². The Morgan fingerprint density at radius 3 is 2.35 bits per heavy atom. The summed E-state index contributed by atoms with van der Waals surface area (Å²) < 4.78 is 0. The first-order valence-corrected chi connectivity index (χ1v) is 7.66. The molecule has 0 amide bonds. The second kappa shape index (κ2) is 5.27. The number of nitrogens with zero attached hydrogens (tertiary/aromatic N) is 1. The molecule has 0 aromatic rings. The van der Waals surface area contributed by atoms with Crippen molar-refractivity contribution in [3.63, 3.8) is 0 Å². The highest BCUT2D eigenvalue weighted by molar-refractivity contribution is 5.02. The lowest BCUT2D eigenvalue weighted by Gasteiger charge is -2.50. The smallest absolute Gasteiger partial charge is 0.0304 e. The minimum absolute atomic E-state index is 0.384. The molecule has 2 nitrogen and oxygen atoms in total. The van der Waals surface area contributed by atoms with E-state index in [-0.39, 0.29) is 0 Å². The highest BCUT2D eigenvalue weighted by Crippen LogP contribution is 2.39. The SMILES string of the molecule is CCC(C)N1CC(CC)(CC)NCC1C1CC1. The summed E-state index contributed by atoms with van der Waals surface area (Å²) in [5.74, 6) is 0.989. The van der Waals surface area contributed by atoms with E-state index in [1.807, 2.05) is 0 Å². The van der Waals surface area contributed by atoms with Crippen LogP contribution in [0.3, 0.4) is 0 Å². The highest BCUT2D eigenvalue weighted by atomic mass is 15.3. The molecular weight excluding hydrogens is 208 g/mol. The Morgan fingerprint density at radius 1 is 1.24 bits per heavy atom. The average Bonchev–Trinajstić information content (AvgIpc) is 3.21. The largest absolute Gasteiger partial charge is 0.308 e. The maximum atomic E-state index is 3.87. The number of piperazine rings is 1. The maximum Gasteiger partial charge on any atom is 0.0304 e. The van der Waals surface area contributed by atoms with Gasteiger partial charge in [0.15, 0.2) is 0 Å². The minimum Gasteiger partial charge on any atom is -0.308 e. The lowest BCUT2D eigenvalue weighted by atomic mass is 9.86. The molecule has 0 bridgehead atoms. The molecule has 1 aliphatic carbocycles. The molecule has 0 aromatic heterocycles. The molecule has 2 atom stereocenters. The molecule has 17 heavy (non-hydrogen) atoms. The molecule has 1 saturated heterocycles. The summed E-state index contributed by atoms with van der Waals surface area (Å²) in [6, 6.07) is 1.57. The summed E-state index contributed by atoms with van der Waals surface area (Å²) in [6.07, 6.45) is 6.73. The topological polar surface area (TPSA) is 15.3 Å². The van der Waals surface area contributed by atoms with E-state index in [1.54, 1.807) is 0 Å². The molecule has 0 spiro atoms. The normalized spacial score (nSPS) is 31.4. The maximum absolute atomic E-state index is 3.87. The molecule has 1 aliphatic heterocycles. The van der Waals surface area contributed by atoms with Crippen molar-refractivity contribution in [3.05, 3.63) is 0 Å². The Bertz CT molecular complexity index is 243. The van der Waals surface area contributed by atoms with E-state index in [9.17, 15) is 0 Å². The van der Waals surface area contributed by atoms with Crippen LogP contribution in [0.5, 0.6) is 0 Å². The average molecular weight is 238 g/mol.